The van der Waals surface area contributed by atoms with Crippen molar-refractivity contribution in [1.29, 1.82) is 0 Å². The van der Waals surface area contributed by atoms with Crippen molar-refractivity contribution in [3.05, 3.63) is 24.3 Å². The molecule has 1 aromatic carbocycles. The van der Waals surface area contributed by atoms with Gasteiger partial charge in [0.15, 0.2) is 0 Å². The average Bonchev–Trinajstić information content (AvgIpc) is 2.86. The Labute approximate surface area is 140 Å². The summed E-state index contributed by atoms with van der Waals surface area (Å²) in [6.07, 6.45) is 6.66. The molecule has 23 heavy (non-hydrogen) atoms. The van der Waals surface area contributed by atoms with Crippen molar-refractivity contribution in [2.75, 3.05) is 29.9 Å². The lowest BCUT2D eigenvalue weighted by Gasteiger charge is -2.29. The molecule has 1 aliphatic rings. The predicted molar refractivity (Wildman–Crippen MR) is 97.8 cm³/mol. The van der Waals surface area contributed by atoms with Gasteiger partial charge in [-0.15, -0.1) is 0 Å². The fraction of sp³-hybridized carbons (Fsp3) is 0.632. The Balaban J connectivity index is 2.11. The maximum Gasteiger partial charge on any atom is 0.231 e. The van der Waals surface area contributed by atoms with Crippen molar-refractivity contribution in [2.24, 2.45) is 11.1 Å². The van der Waals surface area contributed by atoms with Crippen molar-refractivity contribution in [3.63, 3.8) is 0 Å². The van der Waals surface area contributed by atoms with Crippen LogP contribution in [0.1, 0.15) is 52.4 Å². The van der Waals surface area contributed by atoms with Gasteiger partial charge in [0.2, 0.25) is 5.91 Å². The van der Waals surface area contributed by atoms with Crippen molar-refractivity contribution < 1.29 is 4.79 Å². The zero-order valence-electron chi connectivity index (χ0n) is 14.6. The van der Waals surface area contributed by atoms with Crippen LogP contribution in [0.3, 0.4) is 0 Å². The Morgan fingerprint density at radius 2 is 1.83 bits per heavy atom. The summed E-state index contributed by atoms with van der Waals surface area (Å²) in [4.78, 5) is 15.1. The van der Waals surface area contributed by atoms with E-state index in [2.05, 4.69) is 22.3 Å². The highest BCUT2D eigenvalue weighted by Crippen LogP contribution is 2.28. The van der Waals surface area contributed by atoms with Crippen LogP contribution in [0.5, 0.6) is 0 Å². The van der Waals surface area contributed by atoms with Crippen LogP contribution in [-0.2, 0) is 4.79 Å². The first-order valence-corrected chi connectivity index (χ1v) is 9.01. The maximum atomic E-state index is 12.7. The van der Waals surface area contributed by atoms with Gasteiger partial charge in [0, 0.05) is 31.0 Å². The summed E-state index contributed by atoms with van der Waals surface area (Å²) in [6, 6.07) is 8.22. The Bertz CT molecular complexity index is 495. The van der Waals surface area contributed by atoms with Gasteiger partial charge in [-0.25, -0.2) is 0 Å². The number of hydrogen-bond donors (Lipinski definition) is 2. The second kappa shape index (κ2) is 8.34. The molecule has 1 aromatic rings. The van der Waals surface area contributed by atoms with Crippen molar-refractivity contribution in [2.45, 2.75) is 52.4 Å². The number of nitrogens with two attached hydrogens (primary N) is 1. The van der Waals surface area contributed by atoms with E-state index in [9.17, 15) is 4.79 Å². The lowest BCUT2D eigenvalue weighted by Crippen LogP contribution is -2.41. The lowest BCUT2D eigenvalue weighted by molar-refractivity contribution is -0.125. The molecule has 0 aliphatic carbocycles. The van der Waals surface area contributed by atoms with E-state index in [4.69, 9.17) is 5.73 Å². The van der Waals surface area contributed by atoms with E-state index in [0.29, 0.717) is 6.54 Å². The standard InChI is InChI=1S/C19H31N3O/c1-3-19(4-2,15-20)18(23)21-16-10-9-11-17(14-16)22-12-7-5-6-8-13-22/h9-11,14H,3-8,12-13,15,20H2,1-2H3,(H,21,23). The monoisotopic (exact) mass is 317 g/mol. The number of carbonyl (C=O) groups excluding carboxylic acids is 1. The second-order valence-electron chi connectivity index (χ2n) is 6.60. The lowest BCUT2D eigenvalue weighted by atomic mass is 9.81. The van der Waals surface area contributed by atoms with Gasteiger partial charge in [-0.2, -0.15) is 0 Å². The number of hydrogen-bond acceptors (Lipinski definition) is 3. The quantitative estimate of drug-likeness (QED) is 0.839. The van der Waals surface area contributed by atoms with Gasteiger partial charge < -0.3 is 16.0 Å². The fourth-order valence-electron chi connectivity index (χ4n) is 3.33. The summed E-state index contributed by atoms with van der Waals surface area (Å²) in [5, 5.41) is 3.09. The number of nitrogens with zero attached hydrogens (tertiary/aromatic N) is 1. The highest BCUT2D eigenvalue weighted by molar-refractivity contribution is 5.95. The molecule has 1 fully saturated rings. The minimum Gasteiger partial charge on any atom is -0.371 e. The molecular formula is C19H31N3O. The largest absolute Gasteiger partial charge is 0.371 e. The van der Waals surface area contributed by atoms with E-state index in [1.54, 1.807) is 0 Å². The molecule has 0 aromatic heterocycles. The molecule has 4 nitrogen and oxygen atoms in total. The summed E-state index contributed by atoms with van der Waals surface area (Å²) < 4.78 is 0. The van der Waals surface area contributed by atoms with Crippen LogP contribution in [0, 0.1) is 5.41 Å². The molecular weight excluding hydrogens is 286 g/mol. The maximum absolute atomic E-state index is 12.7. The van der Waals surface area contributed by atoms with Crippen molar-refractivity contribution in [1.82, 2.24) is 0 Å². The van der Waals surface area contributed by atoms with Crippen LogP contribution in [0.2, 0.25) is 0 Å². The van der Waals surface area contributed by atoms with E-state index in [1.807, 2.05) is 26.0 Å². The minimum absolute atomic E-state index is 0.0398. The van der Waals surface area contributed by atoms with Gasteiger partial charge in [-0.3, -0.25) is 4.79 Å². The Morgan fingerprint density at radius 1 is 1.17 bits per heavy atom. The molecule has 1 saturated heterocycles. The first-order chi connectivity index (χ1) is 11.1. The number of anilines is 2. The molecule has 0 saturated carbocycles. The molecule has 1 amide bonds. The number of carbonyl (C=O) groups is 1. The van der Waals surface area contributed by atoms with Gasteiger partial charge in [0.1, 0.15) is 0 Å². The Hall–Kier alpha value is -1.55. The third-order valence-corrected chi connectivity index (χ3v) is 5.30. The van der Waals surface area contributed by atoms with Crippen LogP contribution in [0.25, 0.3) is 0 Å². The number of benzene rings is 1. The molecule has 1 heterocycles. The van der Waals surface area contributed by atoms with Crippen molar-refractivity contribution in [3.8, 4) is 0 Å². The molecule has 3 N–H and O–H groups in total. The summed E-state index contributed by atoms with van der Waals surface area (Å²) in [5.74, 6) is 0.0398. The molecule has 0 atom stereocenters. The number of rotatable bonds is 6. The molecule has 0 spiro atoms. The summed E-state index contributed by atoms with van der Waals surface area (Å²) >= 11 is 0. The zero-order valence-corrected chi connectivity index (χ0v) is 14.6. The van der Waals surface area contributed by atoms with E-state index >= 15 is 0 Å². The Kier molecular flexibility index (Phi) is 6.46. The molecule has 2 rings (SSSR count). The van der Waals surface area contributed by atoms with Crippen molar-refractivity contribution >= 4 is 17.3 Å². The number of nitrogens with one attached hydrogen (secondary N) is 1. The summed E-state index contributed by atoms with van der Waals surface area (Å²) in [5.41, 5.74) is 7.50. The Morgan fingerprint density at radius 3 is 2.39 bits per heavy atom. The van der Waals surface area contributed by atoms with Crippen LogP contribution < -0.4 is 16.0 Å². The molecule has 4 heteroatoms. The zero-order chi connectivity index (χ0) is 16.7. The smallest absolute Gasteiger partial charge is 0.231 e. The van der Waals surface area contributed by atoms with Gasteiger partial charge in [-0.1, -0.05) is 32.8 Å². The molecule has 0 radical (unpaired) electrons. The van der Waals surface area contributed by atoms with Gasteiger partial charge in [0.25, 0.3) is 0 Å². The molecule has 128 valence electrons. The highest BCUT2D eigenvalue weighted by atomic mass is 16.2. The van der Waals surface area contributed by atoms with Crippen LogP contribution in [-0.4, -0.2) is 25.5 Å². The topological polar surface area (TPSA) is 58.4 Å². The van der Waals surface area contributed by atoms with Gasteiger partial charge >= 0.3 is 0 Å². The normalized spacial score (nSPS) is 16.0. The molecule has 0 unspecified atom stereocenters. The van der Waals surface area contributed by atoms with E-state index in [1.165, 1.54) is 31.4 Å². The second-order valence-corrected chi connectivity index (χ2v) is 6.60. The third-order valence-electron chi connectivity index (χ3n) is 5.30. The minimum atomic E-state index is -0.460. The van der Waals surface area contributed by atoms with E-state index in [-0.39, 0.29) is 5.91 Å². The summed E-state index contributed by atoms with van der Waals surface area (Å²) in [6.45, 7) is 6.66. The predicted octanol–water partition coefficient (Wildman–Crippen LogP) is 3.77. The van der Waals surface area contributed by atoms with Gasteiger partial charge in [-0.05, 0) is 43.9 Å². The highest BCUT2D eigenvalue weighted by Gasteiger charge is 2.33. The first kappa shape index (κ1) is 17.8. The van der Waals surface area contributed by atoms with Crippen LogP contribution in [0.15, 0.2) is 24.3 Å². The average molecular weight is 317 g/mol. The number of amides is 1. The molecule has 1 aliphatic heterocycles. The summed E-state index contributed by atoms with van der Waals surface area (Å²) in [7, 11) is 0. The van der Waals surface area contributed by atoms with E-state index in [0.717, 1.165) is 31.6 Å². The molecule has 0 bridgehead atoms. The van der Waals surface area contributed by atoms with Crippen LogP contribution in [0.4, 0.5) is 11.4 Å². The first-order valence-electron chi connectivity index (χ1n) is 9.01. The van der Waals surface area contributed by atoms with E-state index < -0.39 is 5.41 Å². The van der Waals surface area contributed by atoms with Gasteiger partial charge in [0.05, 0.1) is 5.41 Å². The van der Waals surface area contributed by atoms with Crippen LogP contribution >= 0.6 is 0 Å². The fourth-order valence-corrected chi connectivity index (χ4v) is 3.33. The third kappa shape index (κ3) is 4.25. The SMILES string of the molecule is CCC(CC)(CN)C(=O)Nc1cccc(N2CCCCCC2)c1.